The van der Waals surface area contributed by atoms with E-state index in [9.17, 15) is 0 Å². The third-order valence-electron chi connectivity index (χ3n) is 3.37. The summed E-state index contributed by atoms with van der Waals surface area (Å²) in [4.78, 5) is 2.24. The number of aromatic nitrogens is 2. The normalized spacial score (nSPS) is 15.7. The summed E-state index contributed by atoms with van der Waals surface area (Å²) in [5.41, 5.74) is 7.91. The van der Waals surface area contributed by atoms with Crippen molar-refractivity contribution in [1.29, 1.82) is 0 Å². The fourth-order valence-electron chi connectivity index (χ4n) is 2.32. The van der Waals surface area contributed by atoms with E-state index in [2.05, 4.69) is 10.00 Å². The van der Waals surface area contributed by atoms with Gasteiger partial charge in [-0.1, -0.05) is 18.2 Å². The molecule has 1 aromatic carbocycles. The van der Waals surface area contributed by atoms with E-state index in [-0.39, 0.29) is 0 Å². The summed E-state index contributed by atoms with van der Waals surface area (Å²) in [6, 6.07) is 10.1. The van der Waals surface area contributed by atoms with Gasteiger partial charge in [-0.15, -0.1) is 0 Å². The number of ether oxygens (including phenoxy) is 1. The zero-order valence-corrected chi connectivity index (χ0v) is 10.8. The SMILES string of the molecule is NCc1ccccc1-n1ccc(N2CCOCC2)n1. The lowest BCUT2D eigenvalue weighted by Crippen LogP contribution is -2.36. The predicted octanol–water partition coefficient (Wildman–Crippen LogP) is 1.17. The number of rotatable bonds is 3. The summed E-state index contributed by atoms with van der Waals surface area (Å²) >= 11 is 0. The van der Waals surface area contributed by atoms with Gasteiger partial charge in [0.2, 0.25) is 0 Å². The molecule has 1 aliphatic rings. The molecule has 0 unspecified atom stereocenters. The minimum absolute atomic E-state index is 0.517. The predicted molar refractivity (Wildman–Crippen MR) is 74.5 cm³/mol. The van der Waals surface area contributed by atoms with Gasteiger partial charge in [-0.25, -0.2) is 4.68 Å². The van der Waals surface area contributed by atoms with E-state index in [1.165, 1.54) is 0 Å². The van der Waals surface area contributed by atoms with Crippen LogP contribution in [0.2, 0.25) is 0 Å². The first kappa shape index (κ1) is 12.2. The number of anilines is 1. The van der Waals surface area contributed by atoms with Crippen LogP contribution in [0.1, 0.15) is 5.56 Å². The third kappa shape index (κ3) is 2.47. The second-order valence-electron chi connectivity index (χ2n) is 4.55. The van der Waals surface area contributed by atoms with E-state index < -0.39 is 0 Å². The molecule has 1 aliphatic heterocycles. The van der Waals surface area contributed by atoms with E-state index in [0.29, 0.717) is 6.54 Å². The first-order chi connectivity index (χ1) is 9.38. The Morgan fingerprint density at radius 1 is 1.16 bits per heavy atom. The van der Waals surface area contributed by atoms with E-state index in [1.807, 2.05) is 41.2 Å². The van der Waals surface area contributed by atoms with E-state index in [0.717, 1.165) is 43.4 Å². The molecule has 0 amide bonds. The molecule has 2 aromatic rings. The van der Waals surface area contributed by atoms with Gasteiger partial charge in [0.15, 0.2) is 5.82 Å². The van der Waals surface area contributed by atoms with Gasteiger partial charge in [-0.05, 0) is 11.6 Å². The van der Waals surface area contributed by atoms with Crippen LogP contribution in [0.3, 0.4) is 0 Å². The Balaban J connectivity index is 1.88. The smallest absolute Gasteiger partial charge is 0.151 e. The van der Waals surface area contributed by atoms with Gasteiger partial charge in [0.25, 0.3) is 0 Å². The second kappa shape index (κ2) is 5.42. The van der Waals surface area contributed by atoms with Crippen LogP contribution in [0.5, 0.6) is 0 Å². The van der Waals surface area contributed by atoms with E-state index in [1.54, 1.807) is 0 Å². The number of morpholine rings is 1. The summed E-state index contributed by atoms with van der Waals surface area (Å²) in [5.74, 6) is 0.995. The van der Waals surface area contributed by atoms with Gasteiger partial charge in [-0.2, -0.15) is 5.10 Å². The Hall–Kier alpha value is -1.85. The van der Waals surface area contributed by atoms with Crippen LogP contribution in [-0.4, -0.2) is 36.1 Å². The quantitative estimate of drug-likeness (QED) is 0.898. The van der Waals surface area contributed by atoms with Crippen LogP contribution in [0.15, 0.2) is 36.5 Å². The molecule has 1 aromatic heterocycles. The maximum Gasteiger partial charge on any atom is 0.151 e. The number of nitrogens with two attached hydrogens (primary N) is 1. The molecule has 2 heterocycles. The molecule has 0 aliphatic carbocycles. The average molecular weight is 258 g/mol. The Labute approximate surface area is 112 Å². The average Bonchev–Trinajstić information content (AvgIpc) is 2.98. The van der Waals surface area contributed by atoms with Crippen LogP contribution in [0.25, 0.3) is 5.69 Å². The first-order valence-electron chi connectivity index (χ1n) is 6.55. The van der Waals surface area contributed by atoms with Gasteiger partial charge in [-0.3, -0.25) is 0 Å². The molecule has 5 nitrogen and oxygen atoms in total. The van der Waals surface area contributed by atoms with Crippen molar-refractivity contribution in [3.63, 3.8) is 0 Å². The minimum atomic E-state index is 0.517. The van der Waals surface area contributed by atoms with Crippen LogP contribution in [0, 0.1) is 0 Å². The van der Waals surface area contributed by atoms with Gasteiger partial charge in [0.1, 0.15) is 0 Å². The number of hydrogen-bond donors (Lipinski definition) is 1. The van der Waals surface area contributed by atoms with Crippen molar-refractivity contribution in [1.82, 2.24) is 9.78 Å². The highest BCUT2D eigenvalue weighted by atomic mass is 16.5. The summed E-state index contributed by atoms with van der Waals surface area (Å²) < 4.78 is 7.25. The van der Waals surface area contributed by atoms with Crippen molar-refractivity contribution in [3.05, 3.63) is 42.1 Å². The number of benzene rings is 1. The standard InChI is InChI=1S/C14H18N4O/c15-11-12-3-1-2-4-13(12)18-6-5-14(16-18)17-7-9-19-10-8-17/h1-6H,7-11,15H2. The molecule has 0 saturated carbocycles. The molecule has 100 valence electrons. The molecule has 3 rings (SSSR count). The van der Waals surface area contributed by atoms with E-state index >= 15 is 0 Å². The van der Waals surface area contributed by atoms with Gasteiger partial charge < -0.3 is 15.4 Å². The summed E-state index contributed by atoms with van der Waals surface area (Å²) in [5, 5.41) is 4.64. The molecule has 0 spiro atoms. The molecule has 1 fully saturated rings. The van der Waals surface area contributed by atoms with Crippen molar-refractivity contribution in [2.75, 3.05) is 31.2 Å². The molecule has 1 saturated heterocycles. The number of nitrogens with zero attached hydrogens (tertiary/aromatic N) is 3. The fraction of sp³-hybridized carbons (Fsp3) is 0.357. The van der Waals surface area contributed by atoms with Gasteiger partial charge in [0, 0.05) is 31.9 Å². The second-order valence-corrected chi connectivity index (χ2v) is 4.55. The highest BCUT2D eigenvalue weighted by molar-refractivity contribution is 5.44. The Bertz CT molecular complexity index is 546. The van der Waals surface area contributed by atoms with Crippen molar-refractivity contribution in [2.24, 2.45) is 5.73 Å². The lowest BCUT2D eigenvalue weighted by atomic mass is 10.2. The molecule has 2 N–H and O–H groups in total. The van der Waals surface area contributed by atoms with Gasteiger partial charge in [0.05, 0.1) is 18.9 Å². The largest absolute Gasteiger partial charge is 0.378 e. The highest BCUT2D eigenvalue weighted by Crippen LogP contribution is 2.18. The first-order valence-corrected chi connectivity index (χ1v) is 6.55. The molecule has 0 radical (unpaired) electrons. The third-order valence-corrected chi connectivity index (χ3v) is 3.37. The lowest BCUT2D eigenvalue weighted by molar-refractivity contribution is 0.122. The highest BCUT2D eigenvalue weighted by Gasteiger charge is 2.14. The van der Waals surface area contributed by atoms with Crippen molar-refractivity contribution >= 4 is 5.82 Å². The molecule has 0 bridgehead atoms. The lowest BCUT2D eigenvalue weighted by Gasteiger charge is -2.26. The molecule has 19 heavy (non-hydrogen) atoms. The maximum atomic E-state index is 5.77. The zero-order chi connectivity index (χ0) is 13.1. The fourth-order valence-corrected chi connectivity index (χ4v) is 2.32. The summed E-state index contributed by atoms with van der Waals surface area (Å²) in [7, 11) is 0. The van der Waals surface area contributed by atoms with Crippen LogP contribution in [-0.2, 0) is 11.3 Å². The maximum absolute atomic E-state index is 5.77. The Kier molecular flexibility index (Phi) is 3.48. The Morgan fingerprint density at radius 2 is 1.95 bits per heavy atom. The van der Waals surface area contributed by atoms with Gasteiger partial charge >= 0.3 is 0 Å². The zero-order valence-electron chi connectivity index (χ0n) is 10.8. The number of para-hydroxylation sites is 1. The molecule has 0 atom stereocenters. The molecular formula is C14H18N4O. The molecular weight excluding hydrogens is 240 g/mol. The Morgan fingerprint density at radius 3 is 2.74 bits per heavy atom. The van der Waals surface area contributed by atoms with Crippen LogP contribution >= 0.6 is 0 Å². The monoisotopic (exact) mass is 258 g/mol. The summed E-state index contributed by atoms with van der Waals surface area (Å²) in [6.07, 6.45) is 1.99. The van der Waals surface area contributed by atoms with Crippen molar-refractivity contribution < 1.29 is 4.74 Å². The van der Waals surface area contributed by atoms with Crippen molar-refractivity contribution in [2.45, 2.75) is 6.54 Å². The molecule has 5 heteroatoms. The topological polar surface area (TPSA) is 56.3 Å². The van der Waals surface area contributed by atoms with E-state index in [4.69, 9.17) is 10.5 Å². The van der Waals surface area contributed by atoms with Crippen molar-refractivity contribution in [3.8, 4) is 5.69 Å². The number of hydrogen-bond acceptors (Lipinski definition) is 4. The van der Waals surface area contributed by atoms with Crippen LogP contribution in [0.4, 0.5) is 5.82 Å². The van der Waals surface area contributed by atoms with Crippen LogP contribution < -0.4 is 10.6 Å². The summed E-state index contributed by atoms with van der Waals surface area (Å²) in [6.45, 7) is 3.85. The minimum Gasteiger partial charge on any atom is -0.378 e.